The Morgan fingerprint density at radius 3 is 2.79 bits per heavy atom. The van der Waals surface area contributed by atoms with Crippen LogP contribution in [0.1, 0.15) is 43.5 Å². The second kappa shape index (κ2) is 5.11. The van der Waals surface area contributed by atoms with Gasteiger partial charge in [-0.3, -0.25) is 4.79 Å². The molecule has 1 saturated carbocycles. The number of phenolic OH excluding ortho intramolecular Hbond substituents is 1. The first-order valence-electron chi connectivity index (χ1n) is 6.62. The van der Waals surface area contributed by atoms with E-state index < -0.39 is 0 Å². The highest BCUT2D eigenvalue weighted by Crippen LogP contribution is 2.37. The monoisotopic (exact) mass is 263 g/mol. The lowest BCUT2D eigenvalue weighted by atomic mass is 9.87. The Hall–Kier alpha value is -1.71. The molecule has 2 rings (SSSR count). The third kappa shape index (κ3) is 2.67. The van der Waals surface area contributed by atoms with Crippen molar-refractivity contribution in [1.29, 1.82) is 0 Å². The van der Waals surface area contributed by atoms with Gasteiger partial charge in [0.1, 0.15) is 0 Å². The third-order valence-corrected chi connectivity index (χ3v) is 4.03. The van der Waals surface area contributed by atoms with E-state index in [0.717, 1.165) is 19.3 Å². The molecule has 1 unspecified atom stereocenters. The fourth-order valence-electron chi connectivity index (χ4n) is 2.70. The first kappa shape index (κ1) is 13.7. The van der Waals surface area contributed by atoms with Gasteiger partial charge in [-0.2, -0.15) is 0 Å². The number of carbonyl (C=O) groups is 1. The minimum Gasteiger partial charge on any atom is -0.504 e. The number of para-hydroxylation sites is 1. The summed E-state index contributed by atoms with van der Waals surface area (Å²) in [5, 5.41) is 13.0. The average molecular weight is 263 g/mol. The predicted molar refractivity (Wildman–Crippen MR) is 73.5 cm³/mol. The van der Waals surface area contributed by atoms with Crippen LogP contribution in [-0.2, 0) is 0 Å². The number of hydrogen-bond acceptors (Lipinski definition) is 3. The van der Waals surface area contributed by atoms with Gasteiger partial charge in [0.25, 0.3) is 5.91 Å². The average Bonchev–Trinajstić information content (AvgIpc) is 2.69. The Morgan fingerprint density at radius 2 is 2.21 bits per heavy atom. The Balaban J connectivity index is 2.17. The largest absolute Gasteiger partial charge is 0.504 e. The molecule has 19 heavy (non-hydrogen) atoms. The molecule has 0 spiro atoms. The highest BCUT2D eigenvalue weighted by molar-refractivity contribution is 5.97. The van der Waals surface area contributed by atoms with Gasteiger partial charge in [-0.1, -0.05) is 26.3 Å². The normalized spacial score (nSPS) is 21.1. The van der Waals surface area contributed by atoms with Gasteiger partial charge in [-0.05, 0) is 30.4 Å². The molecular weight excluding hydrogens is 242 g/mol. The SMILES string of the molecule is COc1cccc(C(=O)NC2CCCC2(C)C)c1O. The molecule has 0 heterocycles. The smallest absolute Gasteiger partial charge is 0.255 e. The van der Waals surface area contributed by atoms with Crippen molar-refractivity contribution in [3.05, 3.63) is 23.8 Å². The van der Waals surface area contributed by atoms with Crippen LogP contribution in [0.4, 0.5) is 0 Å². The molecule has 0 radical (unpaired) electrons. The van der Waals surface area contributed by atoms with Gasteiger partial charge < -0.3 is 15.2 Å². The minimum atomic E-state index is -0.239. The number of benzene rings is 1. The van der Waals surface area contributed by atoms with Crippen LogP contribution < -0.4 is 10.1 Å². The molecule has 0 bridgehead atoms. The van der Waals surface area contributed by atoms with Gasteiger partial charge in [-0.25, -0.2) is 0 Å². The summed E-state index contributed by atoms with van der Waals surface area (Å²) in [7, 11) is 1.47. The van der Waals surface area contributed by atoms with Crippen LogP contribution in [0.25, 0.3) is 0 Å². The lowest BCUT2D eigenvalue weighted by Gasteiger charge is -2.28. The Bertz CT molecular complexity index is 482. The van der Waals surface area contributed by atoms with Crippen LogP contribution in [-0.4, -0.2) is 24.2 Å². The van der Waals surface area contributed by atoms with Crippen molar-refractivity contribution in [3.8, 4) is 11.5 Å². The Kier molecular flexibility index (Phi) is 3.69. The molecule has 1 aromatic carbocycles. The first-order valence-corrected chi connectivity index (χ1v) is 6.62. The van der Waals surface area contributed by atoms with Crippen LogP contribution in [0.5, 0.6) is 11.5 Å². The zero-order valence-corrected chi connectivity index (χ0v) is 11.7. The number of phenols is 1. The lowest BCUT2D eigenvalue weighted by Crippen LogP contribution is -2.41. The Labute approximate surface area is 113 Å². The number of carbonyl (C=O) groups excluding carboxylic acids is 1. The van der Waals surface area contributed by atoms with Crippen molar-refractivity contribution in [1.82, 2.24) is 5.32 Å². The lowest BCUT2D eigenvalue weighted by molar-refractivity contribution is 0.0906. The van der Waals surface area contributed by atoms with Crippen molar-refractivity contribution in [2.75, 3.05) is 7.11 Å². The van der Waals surface area contributed by atoms with Crippen LogP contribution in [0.3, 0.4) is 0 Å². The fraction of sp³-hybridized carbons (Fsp3) is 0.533. The summed E-state index contributed by atoms with van der Waals surface area (Å²) in [6, 6.07) is 5.10. The van der Waals surface area contributed by atoms with Crippen molar-refractivity contribution < 1.29 is 14.6 Å². The Morgan fingerprint density at radius 1 is 1.47 bits per heavy atom. The van der Waals surface area contributed by atoms with E-state index in [1.807, 2.05) is 0 Å². The van der Waals surface area contributed by atoms with Gasteiger partial charge in [0.05, 0.1) is 12.7 Å². The zero-order valence-electron chi connectivity index (χ0n) is 11.7. The number of aromatic hydroxyl groups is 1. The maximum atomic E-state index is 12.3. The van der Waals surface area contributed by atoms with Crippen LogP contribution in [0, 0.1) is 5.41 Å². The van der Waals surface area contributed by atoms with E-state index in [1.54, 1.807) is 18.2 Å². The van der Waals surface area contributed by atoms with Gasteiger partial charge in [0.2, 0.25) is 0 Å². The quantitative estimate of drug-likeness (QED) is 0.881. The molecule has 1 amide bonds. The van der Waals surface area contributed by atoms with Gasteiger partial charge in [-0.15, -0.1) is 0 Å². The second-order valence-electron chi connectivity index (χ2n) is 5.76. The van der Waals surface area contributed by atoms with Crippen molar-refractivity contribution in [2.45, 2.75) is 39.2 Å². The molecule has 0 aromatic heterocycles. The second-order valence-corrected chi connectivity index (χ2v) is 5.76. The summed E-state index contributed by atoms with van der Waals surface area (Å²) in [5.74, 6) is -0.0204. The third-order valence-electron chi connectivity index (χ3n) is 4.03. The maximum Gasteiger partial charge on any atom is 0.255 e. The number of ether oxygens (including phenoxy) is 1. The number of methoxy groups -OCH3 is 1. The summed E-state index contributed by atoms with van der Waals surface area (Å²) >= 11 is 0. The topological polar surface area (TPSA) is 58.6 Å². The molecule has 2 N–H and O–H groups in total. The summed E-state index contributed by atoms with van der Waals surface area (Å²) < 4.78 is 5.02. The van der Waals surface area contributed by atoms with Crippen molar-refractivity contribution >= 4 is 5.91 Å². The molecule has 1 aliphatic rings. The van der Waals surface area contributed by atoms with Crippen LogP contribution >= 0.6 is 0 Å². The molecule has 0 saturated heterocycles. The highest BCUT2D eigenvalue weighted by Gasteiger charge is 2.35. The molecule has 1 fully saturated rings. The molecule has 4 nitrogen and oxygen atoms in total. The fourth-order valence-corrected chi connectivity index (χ4v) is 2.70. The summed E-state index contributed by atoms with van der Waals surface area (Å²) in [6.45, 7) is 4.33. The van der Waals surface area contributed by atoms with Crippen LogP contribution in [0.2, 0.25) is 0 Å². The van der Waals surface area contributed by atoms with E-state index in [2.05, 4.69) is 19.2 Å². The van der Waals surface area contributed by atoms with E-state index in [4.69, 9.17) is 4.74 Å². The number of nitrogens with one attached hydrogen (secondary N) is 1. The number of hydrogen-bond donors (Lipinski definition) is 2. The first-order chi connectivity index (χ1) is 8.95. The highest BCUT2D eigenvalue weighted by atomic mass is 16.5. The zero-order chi connectivity index (χ0) is 14.0. The summed E-state index contributed by atoms with van der Waals surface area (Å²) in [4.78, 5) is 12.3. The minimum absolute atomic E-state index is 0.0988. The van der Waals surface area contributed by atoms with Gasteiger partial charge >= 0.3 is 0 Å². The number of amides is 1. The molecule has 1 atom stereocenters. The van der Waals surface area contributed by atoms with E-state index in [9.17, 15) is 9.90 Å². The van der Waals surface area contributed by atoms with Gasteiger partial charge in [0.15, 0.2) is 11.5 Å². The van der Waals surface area contributed by atoms with E-state index >= 15 is 0 Å². The number of rotatable bonds is 3. The summed E-state index contributed by atoms with van der Waals surface area (Å²) in [5.41, 5.74) is 0.381. The predicted octanol–water partition coefficient (Wildman–Crippen LogP) is 2.71. The molecule has 1 aliphatic carbocycles. The summed E-state index contributed by atoms with van der Waals surface area (Å²) in [6.07, 6.45) is 3.23. The standard InChI is InChI=1S/C15H21NO3/c1-15(2)9-5-8-12(15)16-14(18)10-6-4-7-11(19-3)13(10)17/h4,6-7,12,17H,5,8-9H2,1-3H3,(H,16,18). The molecule has 104 valence electrons. The molecule has 4 heteroatoms. The molecular formula is C15H21NO3. The van der Waals surface area contributed by atoms with Crippen molar-refractivity contribution in [3.63, 3.8) is 0 Å². The molecule has 1 aromatic rings. The van der Waals surface area contributed by atoms with E-state index in [-0.39, 0.29) is 28.7 Å². The molecule has 0 aliphatic heterocycles. The van der Waals surface area contributed by atoms with Crippen LogP contribution in [0.15, 0.2) is 18.2 Å². The maximum absolute atomic E-state index is 12.3. The van der Waals surface area contributed by atoms with Gasteiger partial charge in [0, 0.05) is 6.04 Å². The van der Waals surface area contributed by atoms with E-state index in [0.29, 0.717) is 5.75 Å². The van der Waals surface area contributed by atoms with Crippen molar-refractivity contribution in [2.24, 2.45) is 5.41 Å². The van der Waals surface area contributed by atoms with E-state index in [1.165, 1.54) is 7.11 Å².